The molecule has 1 aromatic carbocycles. The van der Waals surface area contributed by atoms with Crippen LogP contribution >= 0.6 is 0 Å². The van der Waals surface area contributed by atoms with Gasteiger partial charge in [-0.1, -0.05) is 24.3 Å². The highest BCUT2D eigenvalue weighted by atomic mass is 16.1. The number of hydrogen-bond donors (Lipinski definition) is 2. The molecule has 3 heterocycles. The highest BCUT2D eigenvalue weighted by molar-refractivity contribution is 5.83. The van der Waals surface area contributed by atoms with Crippen molar-refractivity contribution in [2.75, 3.05) is 6.54 Å². The van der Waals surface area contributed by atoms with Gasteiger partial charge in [0.2, 0.25) is 5.91 Å². The molecule has 0 spiro atoms. The molecule has 5 heteroatoms. The number of rotatable bonds is 5. The molecule has 0 radical (unpaired) electrons. The van der Waals surface area contributed by atoms with Crippen molar-refractivity contribution < 1.29 is 4.79 Å². The Labute approximate surface area is 153 Å². The van der Waals surface area contributed by atoms with Gasteiger partial charge < -0.3 is 10.3 Å². The average Bonchev–Trinajstić information content (AvgIpc) is 3.28. The molecule has 5 nitrogen and oxygen atoms in total. The van der Waals surface area contributed by atoms with E-state index in [0.29, 0.717) is 12.6 Å². The number of fused-ring (bicyclic) bond motifs is 1. The average molecular weight is 348 g/mol. The van der Waals surface area contributed by atoms with Crippen LogP contribution in [0, 0.1) is 0 Å². The predicted octanol–water partition coefficient (Wildman–Crippen LogP) is 3.54. The molecule has 26 heavy (non-hydrogen) atoms. The third-order valence-corrected chi connectivity index (χ3v) is 5.10. The second-order valence-corrected chi connectivity index (χ2v) is 6.95. The number of nitrogens with one attached hydrogen (secondary N) is 2. The van der Waals surface area contributed by atoms with Crippen molar-refractivity contribution in [3.05, 3.63) is 65.6 Å². The molecule has 3 aromatic rings. The molecule has 1 saturated heterocycles. The molecule has 1 aliphatic heterocycles. The van der Waals surface area contributed by atoms with Gasteiger partial charge in [0.25, 0.3) is 0 Å². The smallest absolute Gasteiger partial charge is 0.217 e. The van der Waals surface area contributed by atoms with E-state index in [1.165, 1.54) is 29.8 Å². The molecule has 1 atom stereocenters. The minimum absolute atomic E-state index is 0.0287. The lowest BCUT2D eigenvalue weighted by Gasteiger charge is -2.24. The Morgan fingerprint density at radius 2 is 2.15 bits per heavy atom. The van der Waals surface area contributed by atoms with Crippen LogP contribution in [0.4, 0.5) is 0 Å². The molecule has 1 amide bonds. The molecule has 1 fully saturated rings. The number of nitrogens with zero attached hydrogens (tertiary/aromatic N) is 2. The minimum Gasteiger partial charge on any atom is -0.361 e. The summed E-state index contributed by atoms with van der Waals surface area (Å²) in [6.45, 7) is 4.02. The van der Waals surface area contributed by atoms with Crippen molar-refractivity contribution in [3.63, 3.8) is 0 Å². The van der Waals surface area contributed by atoms with E-state index in [1.807, 2.05) is 12.1 Å². The number of H-pyrrole nitrogens is 1. The largest absolute Gasteiger partial charge is 0.361 e. The highest BCUT2D eigenvalue weighted by Crippen LogP contribution is 2.33. The molecular formula is C21H24N4O. The van der Waals surface area contributed by atoms with Gasteiger partial charge in [-0.25, -0.2) is 0 Å². The third kappa shape index (κ3) is 3.48. The Hall–Kier alpha value is -2.66. The van der Waals surface area contributed by atoms with Crippen LogP contribution in [-0.4, -0.2) is 27.3 Å². The van der Waals surface area contributed by atoms with Crippen molar-refractivity contribution in [1.82, 2.24) is 20.2 Å². The zero-order valence-electron chi connectivity index (χ0n) is 15.0. The second kappa shape index (κ2) is 7.30. The van der Waals surface area contributed by atoms with Crippen LogP contribution in [-0.2, 0) is 17.9 Å². The fourth-order valence-corrected chi connectivity index (χ4v) is 3.83. The Kier molecular flexibility index (Phi) is 4.71. The molecule has 0 aliphatic carbocycles. The maximum absolute atomic E-state index is 11.1. The molecule has 2 N–H and O–H groups in total. The minimum atomic E-state index is -0.0287. The summed E-state index contributed by atoms with van der Waals surface area (Å²) in [6, 6.07) is 14.9. The number of para-hydroxylation sites is 1. The second-order valence-electron chi connectivity index (χ2n) is 6.95. The van der Waals surface area contributed by atoms with Gasteiger partial charge in [0.15, 0.2) is 0 Å². The maximum Gasteiger partial charge on any atom is 0.217 e. The van der Waals surface area contributed by atoms with E-state index in [9.17, 15) is 4.79 Å². The van der Waals surface area contributed by atoms with Crippen molar-refractivity contribution in [3.8, 4) is 0 Å². The predicted molar refractivity (Wildman–Crippen MR) is 102 cm³/mol. The number of carbonyl (C=O) groups excluding carboxylic acids is 1. The fraction of sp³-hybridized carbons (Fsp3) is 0.333. The van der Waals surface area contributed by atoms with Gasteiger partial charge in [0, 0.05) is 30.6 Å². The number of likely N-dealkylation sites (tertiary alicyclic amines) is 1. The van der Waals surface area contributed by atoms with Gasteiger partial charge in [0.05, 0.1) is 24.0 Å². The summed E-state index contributed by atoms with van der Waals surface area (Å²) < 4.78 is 0. The number of pyridine rings is 1. The van der Waals surface area contributed by atoms with E-state index >= 15 is 0 Å². The summed E-state index contributed by atoms with van der Waals surface area (Å²) in [7, 11) is 0. The SMILES string of the molecule is CC(=O)NCc1cccc([C@H]2CCCN2Cc2c[nH]c3ccccc23)n1. The quantitative estimate of drug-likeness (QED) is 0.741. The van der Waals surface area contributed by atoms with Crippen LogP contribution in [0.2, 0.25) is 0 Å². The summed E-state index contributed by atoms with van der Waals surface area (Å²) in [5.41, 5.74) is 4.54. The fourth-order valence-electron chi connectivity index (χ4n) is 3.83. The topological polar surface area (TPSA) is 61.0 Å². The molecule has 4 rings (SSSR count). The van der Waals surface area contributed by atoms with E-state index < -0.39 is 0 Å². The molecule has 1 aliphatic rings. The number of aromatic amines is 1. The van der Waals surface area contributed by atoms with Crippen LogP contribution in [0.1, 0.15) is 42.8 Å². The lowest BCUT2D eigenvalue weighted by atomic mass is 10.1. The monoisotopic (exact) mass is 348 g/mol. The third-order valence-electron chi connectivity index (χ3n) is 5.10. The summed E-state index contributed by atoms with van der Waals surface area (Å²) in [5, 5.41) is 4.12. The lowest BCUT2D eigenvalue weighted by Crippen LogP contribution is -2.24. The first kappa shape index (κ1) is 16.8. The highest BCUT2D eigenvalue weighted by Gasteiger charge is 2.27. The van der Waals surface area contributed by atoms with Crippen LogP contribution in [0.3, 0.4) is 0 Å². The maximum atomic E-state index is 11.1. The van der Waals surface area contributed by atoms with E-state index in [1.54, 1.807) is 0 Å². The number of benzene rings is 1. The molecule has 134 valence electrons. The molecule has 2 aromatic heterocycles. The Bertz CT molecular complexity index is 917. The van der Waals surface area contributed by atoms with Gasteiger partial charge >= 0.3 is 0 Å². The Morgan fingerprint density at radius 3 is 3.04 bits per heavy atom. The summed E-state index contributed by atoms with van der Waals surface area (Å²) >= 11 is 0. The van der Waals surface area contributed by atoms with Crippen molar-refractivity contribution in [1.29, 1.82) is 0 Å². The normalized spacial score (nSPS) is 17.7. The van der Waals surface area contributed by atoms with Gasteiger partial charge in [0.1, 0.15) is 0 Å². The summed E-state index contributed by atoms with van der Waals surface area (Å²) in [4.78, 5) is 21.8. The standard InChI is InChI=1S/C21H24N4O/c1-15(26)22-13-17-6-4-9-20(24-17)21-10-5-11-25(21)14-16-12-23-19-8-3-2-7-18(16)19/h2-4,6-9,12,21,23H,5,10-11,13-14H2,1H3,(H,22,26)/t21-/m1/s1. The van der Waals surface area contributed by atoms with Crippen LogP contribution < -0.4 is 5.32 Å². The number of amides is 1. The van der Waals surface area contributed by atoms with Gasteiger partial charge in [-0.05, 0) is 43.1 Å². The van der Waals surface area contributed by atoms with Gasteiger partial charge in [-0.15, -0.1) is 0 Å². The molecule has 0 bridgehead atoms. The van der Waals surface area contributed by atoms with Crippen molar-refractivity contribution in [2.45, 2.75) is 38.9 Å². The van der Waals surface area contributed by atoms with Crippen LogP contribution in [0.25, 0.3) is 10.9 Å². The van der Waals surface area contributed by atoms with E-state index in [4.69, 9.17) is 4.98 Å². The number of carbonyl (C=O) groups is 1. The zero-order valence-corrected chi connectivity index (χ0v) is 15.0. The van der Waals surface area contributed by atoms with E-state index in [-0.39, 0.29) is 5.91 Å². The molecule has 0 saturated carbocycles. The number of hydrogen-bond acceptors (Lipinski definition) is 3. The molecule has 0 unspecified atom stereocenters. The van der Waals surface area contributed by atoms with Crippen molar-refractivity contribution in [2.24, 2.45) is 0 Å². The Balaban J connectivity index is 1.53. The first-order chi connectivity index (χ1) is 12.7. The first-order valence-corrected chi connectivity index (χ1v) is 9.20. The van der Waals surface area contributed by atoms with Gasteiger partial charge in [-0.2, -0.15) is 0 Å². The van der Waals surface area contributed by atoms with Crippen LogP contribution in [0.15, 0.2) is 48.7 Å². The summed E-state index contributed by atoms with van der Waals surface area (Å²) in [6.07, 6.45) is 4.43. The number of aromatic nitrogens is 2. The Morgan fingerprint density at radius 1 is 1.27 bits per heavy atom. The lowest BCUT2D eigenvalue weighted by molar-refractivity contribution is -0.119. The van der Waals surface area contributed by atoms with Gasteiger partial charge in [-0.3, -0.25) is 14.7 Å². The van der Waals surface area contributed by atoms with E-state index in [0.717, 1.165) is 30.9 Å². The van der Waals surface area contributed by atoms with E-state index in [2.05, 4.69) is 51.7 Å². The molecular weight excluding hydrogens is 324 g/mol. The zero-order chi connectivity index (χ0) is 17.9. The summed E-state index contributed by atoms with van der Waals surface area (Å²) in [5.74, 6) is -0.0287. The van der Waals surface area contributed by atoms with Crippen LogP contribution in [0.5, 0.6) is 0 Å². The first-order valence-electron chi connectivity index (χ1n) is 9.20. The van der Waals surface area contributed by atoms with Crippen molar-refractivity contribution >= 4 is 16.8 Å².